The predicted molar refractivity (Wildman–Crippen MR) is 83.4 cm³/mol. The molecule has 0 fully saturated rings. The van der Waals surface area contributed by atoms with E-state index >= 15 is 0 Å². The molecule has 0 spiro atoms. The second-order valence-corrected chi connectivity index (χ2v) is 5.90. The first-order chi connectivity index (χ1) is 10.2. The van der Waals surface area contributed by atoms with Crippen molar-refractivity contribution in [3.8, 4) is 0 Å². The Balaban J connectivity index is 1.77. The molecule has 1 N–H and O–H groups in total. The Labute approximate surface area is 128 Å². The number of carbonyl (C=O) groups excluding carboxylic acids is 1. The minimum Gasteiger partial charge on any atom is -0.350 e. The Morgan fingerprint density at radius 3 is 2.76 bits per heavy atom. The Hall–Kier alpha value is -1.88. The van der Waals surface area contributed by atoms with Crippen LogP contribution in [0.25, 0.3) is 0 Å². The molecule has 1 aromatic carbocycles. The van der Waals surface area contributed by atoms with E-state index < -0.39 is 0 Å². The van der Waals surface area contributed by atoms with Gasteiger partial charge in [0.15, 0.2) is 0 Å². The average molecular weight is 304 g/mol. The molecule has 2 aromatic rings. The van der Waals surface area contributed by atoms with Crippen molar-refractivity contribution in [2.75, 3.05) is 5.75 Å². The summed E-state index contributed by atoms with van der Waals surface area (Å²) in [6, 6.07) is 12.2. The van der Waals surface area contributed by atoms with E-state index in [1.807, 2.05) is 25.1 Å². The van der Waals surface area contributed by atoms with Crippen LogP contribution in [-0.2, 0) is 11.3 Å². The molecular formula is C16H17FN2OS. The van der Waals surface area contributed by atoms with E-state index in [-0.39, 0.29) is 17.0 Å². The van der Waals surface area contributed by atoms with Crippen LogP contribution in [0.4, 0.5) is 4.39 Å². The zero-order valence-corrected chi connectivity index (χ0v) is 12.6. The normalized spacial score (nSPS) is 11.9. The highest BCUT2D eigenvalue weighted by molar-refractivity contribution is 8.00. The number of hydrogen-bond acceptors (Lipinski definition) is 3. The summed E-state index contributed by atoms with van der Waals surface area (Å²) in [7, 11) is 0. The van der Waals surface area contributed by atoms with Crippen molar-refractivity contribution in [2.45, 2.75) is 18.7 Å². The van der Waals surface area contributed by atoms with Crippen molar-refractivity contribution in [3.05, 3.63) is 65.7 Å². The van der Waals surface area contributed by atoms with Gasteiger partial charge in [-0.25, -0.2) is 4.39 Å². The molecule has 3 nitrogen and oxygen atoms in total. The van der Waals surface area contributed by atoms with Gasteiger partial charge in [-0.05, 0) is 25.1 Å². The molecule has 0 saturated heterocycles. The highest BCUT2D eigenvalue weighted by Crippen LogP contribution is 2.29. The van der Waals surface area contributed by atoms with E-state index in [9.17, 15) is 9.18 Å². The van der Waals surface area contributed by atoms with Gasteiger partial charge in [0, 0.05) is 17.0 Å². The fourth-order valence-corrected chi connectivity index (χ4v) is 2.71. The Bertz CT molecular complexity index is 592. The first kappa shape index (κ1) is 15.5. The second kappa shape index (κ2) is 7.78. The molecule has 2 rings (SSSR count). The topological polar surface area (TPSA) is 42.0 Å². The van der Waals surface area contributed by atoms with Crippen molar-refractivity contribution in [3.63, 3.8) is 0 Å². The van der Waals surface area contributed by atoms with Crippen molar-refractivity contribution in [2.24, 2.45) is 0 Å². The third kappa shape index (κ3) is 4.86. The number of aromatic nitrogens is 1. The monoisotopic (exact) mass is 304 g/mol. The maximum Gasteiger partial charge on any atom is 0.230 e. The van der Waals surface area contributed by atoms with Gasteiger partial charge in [-0.1, -0.05) is 24.3 Å². The van der Waals surface area contributed by atoms with Crippen LogP contribution < -0.4 is 5.32 Å². The lowest BCUT2D eigenvalue weighted by atomic mass is 10.1. The van der Waals surface area contributed by atoms with Crippen molar-refractivity contribution < 1.29 is 9.18 Å². The maximum absolute atomic E-state index is 13.6. The summed E-state index contributed by atoms with van der Waals surface area (Å²) in [6.45, 7) is 2.31. The highest BCUT2D eigenvalue weighted by atomic mass is 32.2. The Kier molecular flexibility index (Phi) is 5.75. The third-order valence-corrected chi connectivity index (χ3v) is 4.18. The van der Waals surface area contributed by atoms with E-state index in [2.05, 4.69) is 10.3 Å². The van der Waals surface area contributed by atoms with Crippen LogP contribution in [-0.4, -0.2) is 16.6 Å². The minimum absolute atomic E-state index is 0.0631. The molecule has 5 heteroatoms. The third-order valence-electron chi connectivity index (χ3n) is 3.00. The lowest BCUT2D eigenvalue weighted by molar-refractivity contribution is -0.118. The number of amides is 1. The molecule has 0 aliphatic heterocycles. The lowest BCUT2D eigenvalue weighted by Crippen LogP contribution is -2.25. The summed E-state index contributed by atoms with van der Waals surface area (Å²) in [5.74, 6) is -0.0114. The quantitative estimate of drug-likeness (QED) is 0.890. The molecule has 1 amide bonds. The van der Waals surface area contributed by atoms with Gasteiger partial charge in [-0.15, -0.1) is 11.8 Å². The van der Waals surface area contributed by atoms with Crippen LogP contribution >= 0.6 is 11.8 Å². The molecule has 21 heavy (non-hydrogen) atoms. The summed E-state index contributed by atoms with van der Waals surface area (Å²) in [4.78, 5) is 15.9. The molecule has 1 aromatic heterocycles. The zero-order valence-electron chi connectivity index (χ0n) is 11.8. The van der Waals surface area contributed by atoms with Crippen LogP contribution in [0.15, 0.2) is 48.7 Å². The lowest BCUT2D eigenvalue weighted by Gasteiger charge is -2.12. The molecular weight excluding hydrogens is 287 g/mol. The maximum atomic E-state index is 13.6. The highest BCUT2D eigenvalue weighted by Gasteiger charge is 2.12. The number of benzene rings is 1. The fourth-order valence-electron chi connectivity index (χ4n) is 1.84. The summed E-state index contributed by atoms with van der Waals surface area (Å²) >= 11 is 1.41. The molecule has 1 heterocycles. The van der Waals surface area contributed by atoms with Crippen LogP contribution in [0, 0.1) is 5.82 Å². The van der Waals surface area contributed by atoms with E-state index in [4.69, 9.17) is 0 Å². The molecule has 1 atom stereocenters. The number of hydrogen-bond donors (Lipinski definition) is 1. The van der Waals surface area contributed by atoms with Gasteiger partial charge in [-0.3, -0.25) is 9.78 Å². The average Bonchev–Trinajstić information content (AvgIpc) is 2.52. The van der Waals surface area contributed by atoms with Crippen LogP contribution in [0.2, 0.25) is 0 Å². The van der Waals surface area contributed by atoms with E-state index in [1.54, 1.807) is 24.4 Å². The van der Waals surface area contributed by atoms with Gasteiger partial charge < -0.3 is 5.32 Å². The number of thioether (sulfide) groups is 1. The number of pyridine rings is 1. The molecule has 0 radical (unpaired) electrons. The summed E-state index contributed by atoms with van der Waals surface area (Å²) in [6.07, 6.45) is 1.69. The van der Waals surface area contributed by atoms with Gasteiger partial charge in [0.1, 0.15) is 5.82 Å². The number of nitrogens with zero attached hydrogens (tertiary/aromatic N) is 1. The Morgan fingerprint density at radius 1 is 1.29 bits per heavy atom. The molecule has 0 unspecified atom stereocenters. The van der Waals surface area contributed by atoms with Crippen LogP contribution in [0.3, 0.4) is 0 Å². The molecule has 110 valence electrons. The zero-order chi connectivity index (χ0) is 15.1. The van der Waals surface area contributed by atoms with Crippen LogP contribution in [0.5, 0.6) is 0 Å². The van der Waals surface area contributed by atoms with Crippen molar-refractivity contribution >= 4 is 17.7 Å². The van der Waals surface area contributed by atoms with Gasteiger partial charge in [-0.2, -0.15) is 0 Å². The fraction of sp³-hybridized carbons (Fsp3) is 0.250. The van der Waals surface area contributed by atoms with E-state index in [0.717, 1.165) is 5.69 Å². The first-order valence-electron chi connectivity index (χ1n) is 6.69. The smallest absolute Gasteiger partial charge is 0.230 e. The summed E-state index contributed by atoms with van der Waals surface area (Å²) in [5, 5.41) is 2.74. The van der Waals surface area contributed by atoms with Crippen molar-refractivity contribution in [1.29, 1.82) is 0 Å². The number of halogens is 1. The summed E-state index contributed by atoms with van der Waals surface area (Å²) < 4.78 is 13.6. The minimum atomic E-state index is -0.230. The molecule has 0 aliphatic rings. The Morgan fingerprint density at radius 2 is 2.05 bits per heavy atom. The summed E-state index contributed by atoms with van der Waals surface area (Å²) in [5.41, 5.74) is 1.44. The van der Waals surface area contributed by atoms with Crippen LogP contribution in [0.1, 0.15) is 23.4 Å². The molecule has 0 bridgehead atoms. The first-order valence-corrected chi connectivity index (χ1v) is 7.74. The standard InChI is InChI=1S/C16H17FN2OS/c1-12(14-7-2-3-8-15(14)17)21-11-16(20)19-10-13-6-4-5-9-18-13/h2-9,12H,10-11H2,1H3,(H,19,20)/t12-/m0/s1. The van der Waals surface area contributed by atoms with E-state index in [1.165, 1.54) is 17.8 Å². The molecule has 0 aliphatic carbocycles. The second-order valence-electron chi connectivity index (χ2n) is 4.57. The number of carbonyl (C=O) groups is 1. The number of rotatable bonds is 6. The predicted octanol–water partition coefficient (Wildman–Crippen LogP) is 3.33. The van der Waals surface area contributed by atoms with E-state index in [0.29, 0.717) is 17.9 Å². The van der Waals surface area contributed by atoms with Crippen molar-refractivity contribution in [1.82, 2.24) is 10.3 Å². The largest absolute Gasteiger partial charge is 0.350 e. The SMILES string of the molecule is C[C@H](SCC(=O)NCc1ccccn1)c1ccccc1F. The van der Waals surface area contributed by atoms with Gasteiger partial charge in [0.05, 0.1) is 18.0 Å². The van der Waals surface area contributed by atoms with Gasteiger partial charge in [0.25, 0.3) is 0 Å². The van der Waals surface area contributed by atoms with Gasteiger partial charge in [0.2, 0.25) is 5.91 Å². The number of nitrogens with one attached hydrogen (secondary N) is 1. The molecule has 0 saturated carbocycles. The van der Waals surface area contributed by atoms with Gasteiger partial charge >= 0.3 is 0 Å².